The first kappa shape index (κ1) is 18.9. The van der Waals surface area contributed by atoms with Crippen molar-refractivity contribution in [1.82, 2.24) is 4.98 Å². The molecule has 0 bridgehead atoms. The van der Waals surface area contributed by atoms with E-state index in [1.807, 2.05) is 0 Å². The van der Waals surface area contributed by atoms with Crippen molar-refractivity contribution < 1.29 is 18.3 Å². The van der Waals surface area contributed by atoms with Crippen LogP contribution < -0.4 is 0 Å². The van der Waals surface area contributed by atoms with Crippen LogP contribution >= 0.6 is 58.0 Å². The van der Waals surface area contributed by atoms with Gasteiger partial charge in [0.15, 0.2) is 5.69 Å². The normalized spacial score (nSPS) is 11.9. The fourth-order valence-corrected chi connectivity index (χ4v) is 3.16. The third kappa shape index (κ3) is 3.50. The Labute approximate surface area is 153 Å². The second kappa shape index (κ2) is 6.82. The second-order valence-corrected chi connectivity index (χ2v) is 6.19. The molecule has 0 saturated heterocycles. The molecule has 0 fully saturated rings. The lowest BCUT2D eigenvalue weighted by atomic mass is 10.1. The Kier molecular flexibility index (Phi) is 5.61. The third-order valence-electron chi connectivity index (χ3n) is 2.88. The third-order valence-corrected chi connectivity index (χ3v) is 5.16. The molecule has 0 radical (unpaired) electrons. The highest BCUT2D eigenvalue weighted by Gasteiger charge is 2.36. The molecule has 1 aromatic carbocycles. The van der Waals surface area contributed by atoms with Gasteiger partial charge in [0.25, 0.3) is 0 Å². The molecule has 0 aliphatic carbocycles. The SMILES string of the molecule is OCc1ccc(-c2c(Cl)c(Cl)c(Cl)c(Cl)c2Cl)nc1C(F)(F)F. The van der Waals surface area contributed by atoms with E-state index in [4.69, 9.17) is 63.1 Å². The highest BCUT2D eigenvalue weighted by Crippen LogP contribution is 2.48. The number of halogens is 8. The lowest BCUT2D eigenvalue weighted by molar-refractivity contribution is -0.142. The van der Waals surface area contributed by atoms with Crippen LogP contribution in [0.25, 0.3) is 11.3 Å². The van der Waals surface area contributed by atoms with Gasteiger partial charge in [0.1, 0.15) is 0 Å². The molecule has 0 atom stereocenters. The average Bonchev–Trinajstić information content (AvgIpc) is 2.50. The standard InChI is InChI=1S/C13H5Cl5F3NO/c14-7-6(8(15)10(17)11(18)9(7)16)5-2-1-4(3-23)12(22-5)13(19,20)21/h1-2,23H,3H2. The number of benzene rings is 1. The summed E-state index contributed by atoms with van der Waals surface area (Å²) in [5.41, 5.74) is -1.93. The van der Waals surface area contributed by atoms with E-state index in [0.717, 1.165) is 6.07 Å². The molecule has 0 aliphatic heterocycles. The number of pyridine rings is 1. The minimum atomic E-state index is -4.77. The molecule has 0 amide bonds. The van der Waals surface area contributed by atoms with E-state index in [9.17, 15) is 13.2 Å². The van der Waals surface area contributed by atoms with E-state index < -0.39 is 18.5 Å². The Hall–Kier alpha value is -0.430. The first-order valence-electron chi connectivity index (χ1n) is 5.79. The number of alkyl halides is 3. The molecule has 1 heterocycles. The Bertz CT molecular complexity index is 750. The number of aromatic nitrogens is 1. The molecule has 10 heteroatoms. The fourth-order valence-electron chi connectivity index (χ4n) is 1.83. The molecular weight excluding hydrogens is 420 g/mol. The molecule has 0 unspecified atom stereocenters. The molecule has 2 rings (SSSR count). The monoisotopic (exact) mass is 423 g/mol. The van der Waals surface area contributed by atoms with E-state index >= 15 is 0 Å². The van der Waals surface area contributed by atoms with Crippen LogP contribution in [0.5, 0.6) is 0 Å². The Morgan fingerprint density at radius 3 is 1.78 bits per heavy atom. The lowest BCUT2D eigenvalue weighted by Crippen LogP contribution is -2.12. The number of nitrogens with zero attached hydrogens (tertiary/aromatic N) is 1. The van der Waals surface area contributed by atoms with Crippen LogP contribution in [0.1, 0.15) is 11.3 Å². The number of rotatable bonds is 2. The van der Waals surface area contributed by atoms with Gasteiger partial charge >= 0.3 is 6.18 Å². The van der Waals surface area contributed by atoms with Gasteiger partial charge in [-0.25, -0.2) is 4.98 Å². The molecule has 1 N–H and O–H groups in total. The Morgan fingerprint density at radius 1 is 0.870 bits per heavy atom. The summed E-state index contributed by atoms with van der Waals surface area (Å²) in [4.78, 5) is 3.50. The molecule has 124 valence electrons. The van der Waals surface area contributed by atoms with Crippen LogP contribution in [0.15, 0.2) is 12.1 Å². The summed E-state index contributed by atoms with van der Waals surface area (Å²) in [6.45, 7) is -0.828. The van der Waals surface area contributed by atoms with Crippen molar-refractivity contribution in [2.45, 2.75) is 12.8 Å². The maximum atomic E-state index is 13.0. The van der Waals surface area contributed by atoms with Crippen LogP contribution in [0.2, 0.25) is 25.1 Å². The van der Waals surface area contributed by atoms with Crippen LogP contribution in [0.4, 0.5) is 13.2 Å². The largest absolute Gasteiger partial charge is 0.433 e. The first-order chi connectivity index (χ1) is 10.6. The number of aliphatic hydroxyl groups is 1. The molecule has 0 saturated carbocycles. The minimum absolute atomic E-state index is 0.0808. The van der Waals surface area contributed by atoms with Crippen LogP contribution in [0, 0.1) is 0 Å². The zero-order chi connectivity index (χ0) is 17.5. The van der Waals surface area contributed by atoms with Gasteiger partial charge in [-0.3, -0.25) is 0 Å². The molecule has 23 heavy (non-hydrogen) atoms. The van der Waals surface area contributed by atoms with E-state index in [0.29, 0.717) is 0 Å². The highest BCUT2D eigenvalue weighted by molar-refractivity contribution is 6.56. The molecule has 1 aromatic heterocycles. The summed E-state index contributed by atoms with van der Waals surface area (Å²) in [6.07, 6.45) is -4.77. The summed E-state index contributed by atoms with van der Waals surface area (Å²) < 4.78 is 39.1. The van der Waals surface area contributed by atoms with Crippen molar-refractivity contribution in [3.05, 3.63) is 48.5 Å². The summed E-state index contributed by atoms with van der Waals surface area (Å²) in [5, 5.41) is 8.25. The zero-order valence-corrected chi connectivity index (χ0v) is 14.6. The average molecular weight is 425 g/mol. The minimum Gasteiger partial charge on any atom is -0.392 e. The van der Waals surface area contributed by atoms with Crippen LogP contribution in [-0.4, -0.2) is 10.1 Å². The Morgan fingerprint density at radius 2 is 1.35 bits per heavy atom. The van der Waals surface area contributed by atoms with E-state index in [1.165, 1.54) is 6.07 Å². The van der Waals surface area contributed by atoms with Gasteiger partial charge in [0.2, 0.25) is 0 Å². The van der Waals surface area contributed by atoms with Crippen molar-refractivity contribution in [2.24, 2.45) is 0 Å². The smallest absolute Gasteiger partial charge is 0.392 e. The van der Waals surface area contributed by atoms with E-state index in [-0.39, 0.29) is 41.9 Å². The maximum Gasteiger partial charge on any atom is 0.433 e. The van der Waals surface area contributed by atoms with Gasteiger partial charge in [0, 0.05) is 11.1 Å². The summed E-state index contributed by atoms with van der Waals surface area (Å²) in [7, 11) is 0. The van der Waals surface area contributed by atoms with Crippen LogP contribution in [0.3, 0.4) is 0 Å². The lowest BCUT2D eigenvalue weighted by Gasteiger charge is -2.15. The van der Waals surface area contributed by atoms with Crippen molar-refractivity contribution in [2.75, 3.05) is 0 Å². The first-order valence-corrected chi connectivity index (χ1v) is 7.68. The molecule has 0 aliphatic rings. The number of hydrogen-bond acceptors (Lipinski definition) is 2. The van der Waals surface area contributed by atoms with Crippen molar-refractivity contribution in [1.29, 1.82) is 0 Å². The quantitative estimate of drug-likeness (QED) is 0.439. The molecule has 0 spiro atoms. The van der Waals surface area contributed by atoms with E-state index in [1.54, 1.807) is 0 Å². The van der Waals surface area contributed by atoms with Gasteiger partial charge in [-0.2, -0.15) is 13.2 Å². The predicted octanol–water partition coefficient (Wildman–Crippen LogP) is 6.53. The highest BCUT2D eigenvalue weighted by atomic mass is 35.5. The predicted molar refractivity (Wildman–Crippen MR) is 85.6 cm³/mol. The molecular formula is C13H5Cl5F3NO. The topological polar surface area (TPSA) is 33.1 Å². The van der Waals surface area contributed by atoms with Gasteiger partial charge < -0.3 is 5.11 Å². The zero-order valence-electron chi connectivity index (χ0n) is 10.8. The summed E-state index contributed by atoms with van der Waals surface area (Å²) >= 11 is 29.7. The second-order valence-electron chi connectivity index (χ2n) is 4.31. The van der Waals surface area contributed by atoms with Crippen molar-refractivity contribution in [3.8, 4) is 11.3 Å². The van der Waals surface area contributed by atoms with Gasteiger partial charge in [-0.1, -0.05) is 64.1 Å². The fraction of sp³-hybridized carbons (Fsp3) is 0.154. The summed E-state index contributed by atoms with van der Waals surface area (Å²) in [5.74, 6) is 0. The van der Waals surface area contributed by atoms with E-state index in [2.05, 4.69) is 4.98 Å². The number of aliphatic hydroxyl groups excluding tert-OH is 1. The Balaban J connectivity index is 2.79. The maximum absolute atomic E-state index is 13.0. The number of hydrogen-bond donors (Lipinski definition) is 1. The summed E-state index contributed by atoms with van der Waals surface area (Å²) in [6, 6.07) is 2.28. The molecule has 2 nitrogen and oxygen atoms in total. The van der Waals surface area contributed by atoms with Crippen LogP contribution in [-0.2, 0) is 12.8 Å². The van der Waals surface area contributed by atoms with Gasteiger partial charge in [0.05, 0.1) is 37.4 Å². The molecule has 2 aromatic rings. The van der Waals surface area contributed by atoms with Gasteiger partial charge in [-0.15, -0.1) is 0 Å². The van der Waals surface area contributed by atoms with Gasteiger partial charge in [-0.05, 0) is 6.07 Å². The van der Waals surface area contributed by atoms with Crippen molar-refractivity contribution >= 4 is 58.0 Å². The van der Waals surface area contributed by atoms with Crippen molar-refractivity contribution in [3.63, 3.8) is 0 Å².